The topological polar surface area (TPSA) is 27.7 Å². The van der Waals surface area contributed by atoms with E-state index in [-0.39, 0.29) is 0 Å². The van der Waals surface area contributed by atoms with Gasteiger partial charge in [0.25, 0.3) is 0 Å². The maximum absolute atomic E-state index is 6.09. The second-order valence-corrected chi connectivity index (χ2v) is 6.09. The maximum Gasteiger partial charge on any atom is 0.0642 e. The van der Waals surface area contributed by atoms with Crippen LogP contribution in [0, 0.1) is 11.8 Å². The van der Waals surface area contributed by atoms with Gasteiger partial charge in [0.05, 0.1) is 6.10 Å². The van der Waals surface area contributed by atoms with Gasteiger partial charge in [0, 0.05) is 39.5 Å². The van der Waals surface area contributed by atoms with E-state index in [0.29, 0.717) is 12.0 Å². The van der Waals surface area contributed by atoms with Gasteiger partial charge < -0.3 is 14.2 Å². The van der Waals surface area contributed by atoms with Crippen molar-refractivity contribution in [3.05, 3.63) is 12.2 Å². The standard InChI is InChI=1S/C17H32O3/c1-14(2)16-8-7-15(3)13-17(16)20-12-6-11-19-10-5-9-18-4/h15-17H,1,5-13H2,2-4H3. The van der Waals surface area contributed by atoms with Gasteiger partial charge in [-0.15, -0.1) is 0 Å². The third kappa shape index (κ3) is 6.87. The Balaban J connectivity index is 2.10. The Morgan fingerprint density at radius 3 is 2.45 bits per heavy atom. The third-order valence-electron chi connectivity index (χ3n) is 4.09. The lowest BCUT2D eigenvalue weighted by atomic mass is 9.78. The van der Waals surface area contributed by atoms with Crippen molar-refractivity contribution >= 4 is 0 Å². The molecule has 1 rings (SSSR count). The highest BCUT2D eigenvalue weighted by molar-refractivity contribution is 5.02. The Bertz CT molecular complexity index is 265. The van der Waals surface area contributed by atoms with Crippen molar-refractivity contribution in [3.63, 3.8) is 0 Å². The van der Waals surface area contributed by atoms with Crippen LogP contribution in [0.4, 0.5) is 0 Å². The Labute approximate surface area is 124 Å². The second kappa shape index (κ2) is 10.4. The van der Waals surface area contributed by atoms with E-state index in [1.165, 1.54) is 24.8 Å². The largest absolute Gasteiger partial charge is 0.385 e. The average molecular weight is 284 g/mol. The molecule has 0 aromatic rings. The minimum atomic E-state index is 0.366. The Morgan fingerprint density at radius 1 is 1.10 bits per heavy atom. The van der Waals surface area contributed by atoms with Crippen LogP contribution in [0.3, 0.4) is 0 Å². The summed E-state index contributed by atoms with van der Waals surface area (Å²) in [6.07, 6.45) is 6.02. The fraction of sp³-hybridized carbons (Fsp3) is 0.882. The molecule has 0 aliphatic heterocycles. The van der Waals surface area contributed by atoms with Crippen LogP contribution in [0.25, 0.3) is 0 Å². The molecular formula is C17H32O3. The van der Waals surface area contributed by atoms with Gasteiger partial charge in [0.1, 0.15) is 0 Å². The predicted octanol–water partition coefficient (Wildman–Crippen LogP) is 3.83. The fourth-order valence-electron chi connectivity index (χ4n) is 2.88. The van der Waals surface area contributed by atoms with Crippen molar-refractivity contribution in [3.8, 4) is 0 Å². The normalized spacial score (nSPS) is 26.6. The van der Waals surface area contributed by atoms with Gasteiger partial charge in [-0.05, 0) is 44.9 Å². The highest BCUT2D eigenvalue weighted by Crippen LogP contribution is 2.34. The van der Waals surface area contributed by atoms with E-state index in [2.05, 4.69) is 20.4 Å². The highest BCUT2D eigenvalue weighted by atomic mass is 16.5. The van der Waals surface area contributed by atoms with Gasteiger partial charge in [-0.1, -0.05) is 19.1 Å². The zero-order chi connectivity index (χ0) is 14.8. The van der Waals surface area contributed by atoms with E-state index in [4.69, 9.17) is 14.2 Å². The summed E-state index contributed by atoms with van der Waals surface area (Å²) in [6, 6.07) is 0. The molecule has 3 heteroatoms. The zero-order valence-electron chi connectivity index (χ0n) is 13.5. The first-order valence-corrected chi connectivity index (χ1v) is 7.98. The lowest BCUT2D eigenvalue weighted by Gasteiger charge is -2.35. The Kier molecular flexibility index (Phi) is 9.16. The van der Waals surface area contributed by atoms with E-state index < -0.39 is 0 Å². The van der Waals surface area contributed by atoms with Crippen LogP contribution in [0.2, 0.25) is 0 Å². The summed E-state index contributed by atoms with van der Waals surface area (Å²) >= 11 is 0. The summed E-state index contributed by atoms with van der Waals surface area (Å²) in [5.41, 5.74) is 1.28. The van der Waals surface area contributed by atoms with Crippen molar-refractivity contribution in [1.82, 2.24) is 0 Å². The Morgan fingerprint density at radius 2 is 1.80 bits per heavy atom. The summed E-state index contributed by atoms with van der Waals surface area (Å²) < 4.78 is 16.6. The van der Waals surface area contributed by atoms with E-state index >= 15 is 0 Å². The van der Waals surface area contributed by atoms with Crippen molar-refractivity contribution in [1.29, 1.82) is 0 Å². The molecule has 0 bridgehead atoms. The summed E-state index contributed by atoms with van der Waals surface area (Å²) in [6.45, 7) is 11.7. The summed E-state index contributed by atoms with van der Waals surface area (Å²) in [4.78, 5) is 0. The number of ether oxygens (including phenoxy) is 3. The lowest BCUT2D eigenvalue weighted by Crippen LogP contribution is -2.32. The molecule has 0 saturated heterocycles. The molecule has 3 atom stereocenters. The summed E-state index contributed by atoms with van der Waals surface area (Å²) in [5.74, 6) is 1.33. The molecule has 1 aliphatic rings. The molecule has 0 amide bonds. The lowest BCUT2D eigenvalue weighted by molar-refractivity contribution is -0.0215. The molecule has 118 valence electrons. The molecule has 0 radical (unpaired) electrons. The predicted molar refractivity (Wildman–Crippen MR) is 83.0 cm³/mol. The van der Waals surface area contributed by atoms with Crippen LogP contribution >= 0.6 is 0 Å². The van der Waals surface area contributed by atoms with Crippen LogP contribution in [0.15, 0.2) is 12.2 Å². The smallest absolute Gasteiger partial charge is 0.0642 e. The van der Waals surface area contributed by atoms with Crippen LogP contribution < -0.4 is 0 Å². The monoisotopic (exact) mass is 284 g/mol. The van der Waals surface area contributed by atoms with Crippen LogP contribution in [0.5, 0.6) is 0 Å². The number of hydrogen-bond acceptors (Lipinski definition) is 3. The van der Waals surface area contributed by atoms with Crippen LogP contribution in [-0.4, -0.2) is 39.6 Å². The van der Waals surface area contributed by atoms with Gasteiger partial charge in [-0.3, -0.25) is 0 Å². The summed E-state index contributed by atoms with van der Waals surface area (Å²) in [5, 5.41) is 0. The molecule has 0 spiro atoms. The molecule has 0 aromatic carbocycles. The van der Waals surface area contributed by atoms with Gasteiger partial charge in [-0.2, -0.15) is 0 Å². The van der Waals surface area contributed by atoms with E-state index in [0.717, 1.165) is 45.2 Å². The Hall–Kier alpha value is -0.380. The van der Waals surface area contributed by atoms with Gasteiger partial charge >= 0.3 is 0 Å². The SMILES string of the molecule is C=C(C)C1CCC(C)CC1OCCCOCCCOC. The first kappa shape index (κ1) is 17.7. The first-order valence-electron chi connectivity index (χ1n) is 7.98. The minimum Gasteiger partial charge on any atom is -0.385 e. The van der Waals surface area contributed by atoms with Gasteiger partial charge in [0.2, 0.25) is 0 Å². The summed E-state index contributed by atoms with van der Waals surface area (Å²) in [7, 11) is 1.72. The van der Waals surface area contributed by atoms with Crippen molar-refractivity contribution < 1.29 is 14.2 Å². The molecule has 20 heavy (non-hydrogen) atoms. The third-order valence-corrected chi connectivity index (χ3v) is 4.09. The molecule has 1 fully saturated rings. The molecular weight excluding hydrogens is 252 g/mol. The molecule has 1 aliphatic carbocycles. The molecule has 0 aromatic heterocycles. The molecule has 0 N–H and O–H groups in total. The number of methoxy groups -OCH3 is 1. The van der Waals surface area contributed by atoms with Crippen LogP contribution in [-0.2, 0) is 14.2 Å². The van der Waals surface area contributed by atoms with Crippen LogP contribution in [0.1, 0.15) is 46.0 Å². The molecule has 1 saturated carbocycles. The molecule has 0 heterocycles. The fourth-order valence-corrected chi connectivity index (χ4v) is 2.88. The first-order chi connectivity index (χ1) is 9.65. The van der Waals surface area contributed by atoms with Crippen molar-refractivity contribution in [2.45, 2.75) is 52.1 Å². The van der Waals surface area contributed by atoms with E-state index in [1.807, 2.05) is 0 Å². The molecule has 3 unspecified atom stereocenters. The molecule has 3 nitrogen and oxygen atoms in total. The number of rotatable bonds is 10. The quantitative estimate of drug-likeness (QED) is 0.451. The van der Waals surface area contributed by atoms with Crippen molar-refractivity contribution in [2.24, 2.45) is 11.8 Å². The highest BCUT2D eigenvalue weighted by Gasteiger charge is 2.29. The maximum atomic E-state index is 6.09. The zero-order valence-corrected chi connectivity index (χ0v) is 13.5. The van der Waals surface area contributed by atoms with E-state index in [1.54, 1.807) is 7.11 Å². The number of hydrogen-bond donors (Lipinski definition) is 0. The van der Waals surface area contributed by atoms with Gasteiger partial charge in [0.15, 0.2) is 0 Å². The van der Waals surface area contributed by atoms with Gasteiger partial charge in [-0.25, -0.2) is 0 Å². The minimum absolute atomic E-state index is 0.366. The van der Waals surface area contributed by atoms with E-state index in [9.17, 15) is 0 Å². The van der Waals surface area contributed by atoms with Crippen molar-refractivity contribution in [2.75, 3.05) is 33.5 Å². The average Bonchev–Trinajstić information content (AvgIpc) is 2.41. The second-order valence-electron chi connectivity index (χ2n) is 6.09.